The van der Waals surface area contributed by atoms with Gasteiger partial charge < -0.3 is 20.7 Å². The number of piperazine rings is 1. The van der Waals surface area contributed by atoms with Crippen LogP contribution < -0.4 is 20.7 Å². The Morgan fingerprint density at radius 3 is 2.41 bits per heavy atom. The molecule has 4 rings (SSSR count). The van der Waals surface area contributed by atoms with Gasteiger partial charge in [-0.25, -0.2) is 9.97 Å². The van der Waals surface area contributed by atoms with Crippen LogP contribution >= 0.6 is 24.0 Å². The molecule has 3 aromatic rings. The lowest BCUT2D eigenvalue weighted by Crippen LogP contribution is -2.47. The molecule has 9 heteroatoms. The van der Waals surface area contributed by atoms with Crippen molar-refractivity contribution in [3.05, 3.63) is 73.1 Å². The number of benzene rings is 2. The number of hydrogen-bond donors (Lipinski definition) is 2. The Kier molecular flexibility index (Phi) is 9.05. The molecule has 1 aromatic heterocycles. The lowest BCUT2D eigenvalue weighted by molar-refractivity contribution is 0.264. The van der Waals surface area contributed by atoms with E-state index < -0.39 is 0 Å². The third-order valence-electron chi connectivity index (χ3n) is 4.99. The van der Waals surface area contributed by atoms with Gasteiger partial charge in [-0.05, 0) is 30.3 Å². The fourth-order valence-corrected chi connectivity index (χ4v) is 3.39. The van der Waals surface area contributed by atoms with Crippen molar-refractivity contribution in [2.75, 3.05) is 49.5 Å². The van der Waals surface area contributed by atoms with Crippen molar-refractivity contribution in [2.45, 2.75) is 0 Å². The monoisotopic (exact) mass is 545 g/mol. The van der Waals surface area contributed by atoms with Gasteiger partial charge in [0.05, 0.1) is 6.54 Å². The lowest BCUT2D eigenvalue weighted by Gasteiger charge is -2.34. The summed E-state index contributed by atoms with van der Waals surface area (Å²) >= 11 is 0. The van der Waals surface area contributed by atoms with Gasteiger partial charge in [0, 0.05) is 56.9 Å². The largest absolute Gasteiger partial charge is 0.457 e. The molecule has 0 amide bonds. The number of aliphatic imine (C=N–C) groups is 1. The van der Waals surface area contributed by atoms with Gasteiger partial charge in [-0.15, -0.1) is 24.0 Å². The Labute approximate surface area is 205 Å². The fraction of sp³-hybridized carbons (Fsp3) is 0.261. The first-order valence-corrected chi connectivity index (χ1v) is 10.4. The number of halogens is 1. The summed E-state index contributed by atoms with van der Waals surface area (Å²) in [5.41, 5.74) is 6.92. The normalized spacial score (nSPS) is 14.5. The van der Waals surface area contributed by atoms with Crippen molar-refractivity contribution in [1.29, 1.82) is 0 Å². The van der Waals surface area contributed by atoms with Crippen LogP contribution in [0.2, 0.25) is 0 Å². The average molecular weight is 545 g/mol. The Morgan fingerprint density at radius 2 is 1.66 bits per heavy atom. The first kappa shape index (κ1) is 23.7. The number of nitrogens with one attached hydrogen (secondary N) is 1. The Balaban J connectivity index is 0.00000289. The zero-order valence-corrected chi connectivity index (χ0v) is 20.1. The van der Waals surface area contributed by atoms with Gasteiger partial charge in [-0.1, -0.05) is 24.3 Å². The fourth-order valence-electron chi connectivity index (χ4n) is 3.39. The van der Waals surface area contributed by atoms with Crippen LogP contribution in [0.5, 0.6) is 11.5 Å². The van der Waals surface area contributed by atoms with Crippen LogP contribution in [-0.2, 0) is 0 Å². The van der Waals surface area contributed by atoms with Crippen LogP contribution in [0.25, 0.3) is 0 Å². The number of anilines is 2. The number of rotatable bonds is 7. The molecule has 2 heterocycles. The molecular formula is C23H28IN7O. The predicted octanol–water partition coefficient (Wildman–Crippen LogP) is 3.44. The second-order valence-corrected chi connectivity index (χ2v) is 7.21. The zero-order chi connectivity index (χ0) is 21.3. The van der Waals surface area contributed by atoms with Gasteiger partial charge in [-0.3, -0.25) is 9.89 Å². The lowest BCUT2D eigenvalue weighted by atomic mass is 10.3. The van der Waals surface area contributed by atoms with Gasteiger partial charge in [-0.2, -0.15) is 0 Å². The molecule has 0 bridgehead atoms. The molecule has 1 aliphatic heterocycles. The van der Waals surface area contributed by atoms with Crippen molar-refractivity contribution in [3.63, 3.8) is 0 Å². The van der Waals surface area contributed by atoms with Gasteiger partial charge in [0.2, 0.25) is 5.95 Å². The summed E-state index contributed by atoms with van der Waals surface area (Å²) in [7, 11) is 0. The van der Waals surface area contributed by atoms with E-state index in [1.807, 2.05) is 60.7 Å². The predicted molar refractivity (Wildman–Crippen MR) is 139 cm³/mol. The first-order chi connectivity index (χ1) is 15.3. The number of ether oxygens (including phenoxy) is 1. The second-order valence-electron chi connectivity index (χ2n) is 7.21. The minimum absolute atomic E-state index is 0. The van der Waals surface area contributed by atoms with E-state index in [1.54, 1.807) is 12.4 Å². The molecule has 1 fully saturated rings. The number of para-hydroxylation sites is 1. The van der Waals surface area contributed by atoms with E-state index in [2.05, 4.69) is 30.1 Å². The maximum absolute atomic E-state index is 6.08. The summed E-state index contributed by atoms with van der Waals surface area (Å²) in [5, 5.41) is 3.14. The van der Waals surface area contributed by atoms with E-state index >= 15 is 0 Å². The third-order valence-corrected chi connectivity index (χ3v) is 4.99. The third kappa shape index (κ3) is 7.06. The van der Waals surface area contributed by atoms with Crippen molar-refractivity contribution in [2.24, 2.45) is 10.7 Å². The number of nitrogens with zero attached hydrogens (tertiary/aromatic N) is 5. The molecule has 0 unspecified atom stereocenters. The topological polar surface area (TPSA) is 91.9 Å². The van der Waals surface area contributed by atoms with Gasteiger partial charge >= 0.3 is 0 Å². The number of nitrogens with two attached hydrogens (primary N) is 1. The Morgan fingerprint density at radius 1 is 0.938 bits per heavy atom. The molecular weight excluding hydrogens is 517 g/mol. The van der Waals surface area contributed by atoms with E-state index in [0.29, 0.717) is 12.5 Å². The number of hydrogen-bond acceptors (Lipinski definition) is 6. The highest BCUT2D eigenvalue weighted by Gasteiger charge is 2.18. The standard InChI is InChI=1S/C23H27N7O.HI/c24-22(28-19-6-4-9-21(18-19)31-20-7-2-1-3-8-20)25-12-13-29-14-16-30(17-15-29)23-26-10-5-11-27-23;/h1-11,18H,12-17H2,(H3,24,25,28);1H. The molecule has 1 saturated heterocycles. The molecule has 168 valence electrons. The van der Waals surface area contributed by atoms with E-state index in [4.69, 9.17) is 10.5 Å². The van der Waals surface area contributed by atoms with E-state index in [9.17, 15) is 0 Å². The summed E-state index contributed by atoms with van der Waals surface area (Å²) in [6.07, 6.45) is 3.56. The highest BCUT2D eigenvalue weighted by molar-refractivity contribution is 14.0. The van der Waals surface area contributed by atoms with E-state index in [0.717, 1.165) is 55.9 Å². The maximum Gasteiger partial charge on any atom is 0.225 e. The molecule has 0 saturated carbocycles. The van der Waals surface area contributed by atoms with E-state index in [-0.39, 0.29) is 24.0 Å². The highest BCUT2D eigenvalue weighted by atomic mass is 127. The van der Waals surface area contributed by atoms with E-state index in [1.165, 1.54) is 0 Å². The Bertz CT molecular complexity index is 980. The van der Waals surface area contributed by atoms with Gasteiger partial charge in [0.25, 0.3) is 0 Å². The smallest absolute Gasteiger partial charge is 0.225 e. The van der Waals surface area contributed by atoms with Crippen LogP contribution in [0.3, 0.4) is 0 Å². The number of aromatic nitrogens is 2. The van der Waals surface area contributed by atoms with Crippen LogP contribution in [0, 0.1) is 0 Å². The quantitative estimate of drug-likeness (QED) is 0.267. The maximum atomic E-state index is 6.08. The minimum atomic E-state index is 0. The average Bonchev–Trinajstić information content (AvgIpc) is 2.81. The van der Waals surface area contributed by atoms with Crippen molar-refractivity contribution in [3.8, 4) is 11.5 Å². The molecule has 2 aromatic carbocycles. The second kappa shape index (κ2) is 12.2. The van der Waals surface area contributed by atoms with Crippen molar-refractivity contribution in [1.82, 2.24) is 14.9 Å². The van der Waals surface area contributed by atoms with Crippen LogP contribution in [0.15, 0.2) is 78.0 Å². The van der Waals surface area contributed by atoms with Gasteiger partial charge in [0.1, 0.15) is 11.5 Å². The number of guanidine groups is 1. The molecule has 3 N–H and O–H groups in total. The Hall–Kier alpha value is -2.92. The summed E-state index contributed by atoms with van der Waals surface area (Å²) in [4.78, 5) is 17.7. The highest BCUT2D eigenvalue weighted by Crippen LogP contribution is 2.23. The summed E-state index contributed by atoms with van der Waals surface area (Å²) in [6, 6.07) is 19.2. The molecule has 32 heavy (non-hydrogen) atoms. The molecule has 0 spiro atoms. The molecule has 1 aliphatic rings. The van der Waals surface area contributed by atoms with Crippen LogP contribution in [0.4, 0.5) is 11.6 Å². The van der Waals surface area contributed by atoms with Crippen LogP contribution in [-0.4, -0.2) is 60.1 Å². The van der Waals surface area contributed by atoms with Crippen molar-refractivity contribution >= 4 is 41.6 Å². The minimum Gasteiger partial charge on any atom is -0.457 e. The summed E-state index contributed by atoms with van der Waals surface area (Å²) in [5.74, 6) is 2.73. The van der Waals surface area contributed by atoms with Crippen LogP contribution in [0.1, 0.15) is 0 Å². The first-order valence-electron chi connectivity index (χ1n) is 10.4. The summed E-state index contributed by atoms with van der Waals surface area (Å²) < 4.78 is 5.86. The zero-order valence-electron chi connectivity index (χ0n) is 17.8. The molecule has 0 radical (unpaired) electrons. The van der Waals surface area contributed by atoms with Crippen molar-refractivity contribution < 1.29 is 4.74 Å². The molecule has 0 aliphatic carbocycles. The molecule has 8 nitrogen and oxygen atoms in total. The SMILES string of the molecule is I.NC(=NCCN1CCN(c2ncccn2)CC1)Nc1cccc(Oc2ccccc2)c1. The molecule has 0 atom stereocenters. The summed E-state index contributed by atoms with van der Waals surface area (Å²) in [6.45, 7) is 5.25. The van der Waals surface area contributed by atoms with Gasteiger partial charge in [0.15, 0.2) is 5.96 Å².